The van der Waals surface area contributed by atoms with Crippen molar-refractivity contribution >= 4 is 14.9 Å². The average molecular weight is 303 g/mol. The second-order valence-corrected chi connectivity index (χ2v) is 6.08. The summed E-state index contributed by atoms with van der Waals surface area (Å²) in [6.45, 7) is 4.83. The van der Waals surface area contributed by atoms with Crippen LogP contribution in [0.2, 0.25) is 13.6 Å². The van der Waals surface area contributed by atoms with E-state index in [1.807, 2.05) is 0 Å². The Bertz CT molecular complexity index is 580. The Morgan fingerprint density at radius 2 is 1.52 bits per heavy atom. The highest BCUT2D eigenvalue weighted by molar-refractivity contribution is 6.48. The van der Waals surface area contributed by atoms with Gasteiger partial charge in [-0.05, 0) is 37.3 Å². The number of benzene rings is 2. The van der Waals surface area contributed by atoms with Crippen molar-refractivity contribution in [3.63, 3.8) is 0 Å². The van der Waals surface area contributed by atoms with E-state index in [2.05, 4.69) is 80.1 Å². The van der Waals surface area contributed by atoms with E-state index in [1.54, 1.807) is 0 Å². The van der Waals surface area contributed by atoms with Crippen LogP contribution in [-0.4, -0.2) is 32.3 Å². The average Bonchev–Trinajstić information content (AvgIpc) is 3.22. The Kier molecular flexibility index (Phi) is 4.93. The monoisotopic (exact) mass is 303 g/mol. The van der Waals surface area contributed by atoms with Gasteiger partial charge in [0.1, 0.15) is 5.60 Å². The van der Waals surface area contributed by atoms with Crippen molar-refractivity contribution < 1.29 is 4.65 Å². The SMILES string of the molecule is CB1OC(c2ccccc2)(c2ccccc2)[C@H]2CCCN12.[B]C. The molecule has 2 saturated heterocycles. The van der Waals surface area contributed by atoms with Crippen LogP contribution in [0.1, 0.15) is 24.0 Å². The van der Waals surface area contributed by atoms with Gasteiger partial charge in [0.25, 0.3) is 0 Å². The van der Waals surface area contributed by atoms with Crippen LogP contribution in [-0.2, 0) is 10.3 Å². The summed E-state index contributed by atoms with van der Waals surface area (Å²) in [5.74, 6) is 0. The molecule has 1 atom stereocenters. The fraction of sp³-hybridized carbons (Fsp3) is 0.368. The molecule has 0 bridgehead atoms. The number of nitrogens with zero attached hydrogens (tertiary/aromatic N) is 1. The lowest BCUT2D eigenvalue weighted by Gasteiger charge is -2.36. The number of rotatable bonds is 2. The molecule has 0 amide bonds. The molecule has 23 heavy (non-hydrogen) atoms. The van der Waals surface area contributed by atoms with Crippen LogP contribution in [0.15, 0.2) is 60.7 Å². The standard InChI is InChI=1S/C18H20BNO.CH3B/c1-19-20-14-8-13-17(20)18(21-19,15-9-4-2-5-10-15)16-11-6-3-7-12-16;1-2/h2-7,9-12,17H,8,13-14H2,1H3;1H3/t17-;/m1./s1. The van der Waals surface area contributed by atoms with Crippen molar-refractivity contribution in [3.05, 3.63) is 71.8 Å². The maximum Gasteiger partial charge on any atom is 0.380 e. The van der Waals surface area contributed by atoms with Gasteiger partial charge in [-0.3, -0.25) is 0 Å². The summed E-state index contributed by atoms with van der Waals surface area (Å²) in [5.41, 5.74) is 2.23. The number of hydrogen-bond acceptors (Lipinski definition) is 2. The quantitative estimate of drug-likeness (QED) is 0.784. The van der Waals surface area contributed by atoms with Crippen molar-refractivity contribution in [3.8, 4) is 0 Å². The lowest BCUT2D eigenvalue weighted by atomic mass is 9.79. The summed E-state index contributed by atoms with van der Waals surface area (Å²) in [5, 5.41) is 0. The lowest BCUT2D eigenvalue weighted by Crippen LogP contribution is -2.41. The zero-order chi connectivity index (χ0) is 16.3. The molecule has 2 aliphatic heterocycles. The van der Waals surface area contributed by atoms with E-state index in [1.165, 1.54) is 30.8 Å². The van der Waals surface area contributed by atoms with Crippen LogP contribution in [0, 0.1) is 0 Å². The van der Waals surface area contributed by atoms with E-state index in [4.69, 9.17) is 4.65 Å². The molecule has 2 aromatic rings. The summed E-state index contributed by atoms with van der Waals surface area (Å²) >= 11 is 0. The van der Waals surface area contributed by atoms with Gasteiger partial charge in [-0.2, -0.15) is 0 Å². The Labute approximate surface area is 141 Å². The zero-order valence-electron chi connectivity index (χ0n) is 14.0. The van der Waals surface area contributed by atoms with Gasteiger partial charge in [0.05, 0.1) is 7.85 Å². The molecule has 2 fully saturated rings. The van der Waals surface area contributed by atoms with Gasteiger partial charge < -0.3 is 9.47 Å². The number of hydrogen-bond donors (Lipinski definition) is 0. The van der Waals surface area contributed by atoms with Gasteiger partial charge in [0.15, 0.2) is 0 Å². The minimum Gasteiger partial charge on any atom is -0.406 e. The fourth-order valence-electron chi connectivity index (χ4n) is 4.14. The maximum atomic E-state index is 6.61. The first-order chi connectivity index (χ1) is 11.3. The van der Waals surface area contributed by atoms with Crippen LogP contribution in [0.4, 0.5) is 0 Å². The van der Waals surface area contributed by atoms with Crippen molar-refractivity contribution in [2.24, 2.45) is 0 Å². The van der Waals surface area contributed by atoms with Crippen molar-refractivity contribution in [1.82, 2.24) is 4.81 Å². The second-order valence-electron chi connectivity index (χ2n) is 6.08. The van der Waals surface area contributed by atoms with Gasteiger partial charge in [0.2, 0.25) is 0 Å². The van der Waals surface area contributed by atoms with Crippen molar-refractivity contribution in [1.29, 1.82) is 0 Å². The molecule has 0 saturated carbocycles. The summed E-state index contributed by atoms with van der Waals surface area (Å²) in [6.07, 6.45) is 2.47. The van der Waals surface area contributed by atoms with Crippen molar-refractivity contribution in [2.75, 3.05) is 6.54 Å². The summed E-state index contributed by atoms with van der Waals surface area (Å²) < 4.78 is 6.61. The van der Waals surface area contributed by atoms with Crippen LogP contribution in [0.25, 0.3) is 0 Å². The van der Waals surface area contributed by atoms with E-state index in [-0.39, 0.29) is 12.7 Å². The lowest BCUT2D eigenvalue weighted by molar-refractivity contribution is 0.106. The second kappa shape index (κ2) is 6.94. The van der Waals surface area contributed by atoms with Crippen LogP contribution in [0.3, 0.4) is 0 Å². The molecular formula is C19H23B2NO. The molecule has 2 radical (unpaired) electrons. The minimum atomic E-state index is -0.321. The highest BCUT2D eigenvalue weighted by Crippen LogP contribution is 2.48. The minimum absolute atomic E-state index is 0.179. The first kappa shape index (κ1) is 16.4. The molecule has 2 nitrogen and oxygen atoms in total. The first-order valence-electron chi connectivity index (χ1n) is 8.45. The van der Waals surface area contributed by atoms with Crippen LogP contribution >= 0.6 is 0 Å². The first-order valence-corrected chi connectivity index (χ1v) is 8.45. The molecule has 0 N–H and O–H groups in total. The molecule has 4 heteroatoms. The Morgan fingerprint density at radius 1 is 1.00 bits per heavy atom. The molecule has 2 aliphatic rings. The molecule has 0 aromatic heterocycles. The van der Waals surface area contributed by atoms with E-state index in [0.717, 1.165) is 6.54 Å². The summed E-state index contributed by atoms with van der Waals surface area (Å²) in [6, 6.07) is 21.9. The maximum absolute atomic E-state index is 6.61. The molecule has 0 spiro atoms. The normalized spacial score (nSPS) is 22.3. The highest BCUT2D eigenvalue weighted by atomic mass is 16.5. The Hall–Kier alpha value is -1.51. The van der Waals surface area contributed by atoms with Gasteiger partial charge >= 0.3 is 7.05 Å². The highest BCUT2D eigenvalue weighted by Gasteiger charge is 2.56. The van der Waals surface area contributed by atoms with E-state index in [0.29, 0.717) is 6.04 Å². The summed E-state index contributed by atoms with van der Waals surface area (Å²) in [4.78, 5) is 2.53. The predicted molar refractivity (Wildman–Crippen MR) is 97.7 cm³/mol. The van der Waals surface area contributed by atoms with E-state index >= 15 is 0 Å². The number of fused-ring (bicyclic) bond motifs is 1. The molecular weight excluding hydrogens is 280 g/mol. The molecule has 2 aromatic carbocycles. The molecule has 2 heterocycles. The van der Waals surface area contributed by atoms with E-state index < -0.39 is 0 Å². The van der Waals surface area contributed by atoms with Gasteiger partial charge in [-0.15, -0.1) is 0 Å². The van der Waals surface area contributed by atoms with Crippen LogP contribution < -0.4 is 0 Å². The zero-order valence-corrected chi connectivity index (χ0v) is 14.0. The van der Waals surface area contributed by atoms with Gasteiger partial charge in [-0.25, -0.2) is 0 Å². The third-order valence-electron chi connectivity index (χ3n) is 4.99. The molecule has 0 unspecified atom stereocenters. The molecule has 0 aliphatic carbocycles. The fourth-order valence-corrected chi connectivity index (χ4v) is 4.14. The topological polar surface area (TPSA) is 12.5 Å². The third-order valence-corrected chi connectivity index (χ3v) is 4.99. The summed E-state index contributed by atoms with van der Waals surface area (Å²) in [7, 11) is 4.68. The van der Waals surface area contributed by atoms with Gasteiger partial charge in [-0.1, -0.05) is 67.5 Å². The Morgan fingerprint density at radius 3 is 2.04 bits per heavy atom. The van der Waals surface area contributed by atoms with Crippen LogP contribution in [0.5, 0.6) is 0 Å². The predicted octanol–water partition coefficient (Wildman–Crippen LogP) is 3.75. The van der Waals surface area contributed by atoms with Gasteiger partial charge in [0, 0.05) is 6.04 Å². The largest absolute Gasteiger partial charge is 0.406 e. The smallest absolute Gasteiger partial charge is 0.380 e. The van der Waals surface area contributed by atoms with Crippen molar-refractivity contribution in [2.45, 2.75) is 38.1 Å². The van der Waals surface area contributed by atoms with E-state index in [9.17, 15) is 0 Å². The molecule has 4 rings (SSSR count). The Balaban J connectivity index is 0.000000753. The third kappa shape index (κ3) is 2.64. The molecule has 116 valence electrons.